The molecule has 0 spiro atoms. The predicted octanol–water partition coefficient (Wildman–Crippen LogP) is 1.64. The Kier molecular flexibility index (Phi) is 3.97. The van der Waals surface area contributed by atoms with Crippen LogP contribution in [-0.4, -0.2) is 34.0 Å². The number of carboxylic acid groups (broad SMARTS) is 1. The fourth-order valence-electron chi connectivity index (χ4n) is 2.64. The second-order valence-corrected chi connectivity index (χ2v) is 6.20. The highest BCUT2D eigenvalue weighted by atomic mass is 32.2. The van der Waals surface area contributed by atoms with Gasteiger partial charge in [0.05, 0.1) is 0 Å². The van der Waals surface area contributed by atoms with Crippen LogP contribution in [0.4, 0.5) is 0 Å². The fraction of sp³-hybridized carbons (Fsp3) is 0.833. The molecular formula is C12H19NO3S. The zero-order chi connectivity index (χ0) is 12.3. The van der Waals surface area contributed by atoms with Gasteiger partial charge in [-0.3, -0.25) is 4.79 Å². The summed E-state index contributed by atoms with van der Waals surface area (Å²) in [6.45, 7) is 0. The molecule has 1 amide bonds. The second-order valence-electron chi connectivity index (χ2n) is 4.97. The van der Waals surface area contributed by atoms with Crippen LogP contribution in [0.15, 0.2) is 0 Å². The summed E-state index contributed by atoms with van der Waals surface area (Å²) in [6, 6.07) is 0. The van der Waals surface area contributed by atoms with Gasteiger partial charge in [-0.05, 0) is 37.2 Å². The molecule has 1 heterocycles. The molecule has 5 heteroatoms. The van der Waals surface area contributed by atoms with Crippen molar-refractivity contribution in [3.05, 3.63) is 0 Å². The van der Waals surface area contributed by atoms with Crippen molar-refractivity contribution in [2.75, 3.05) is 11.5 Å². The third-order valence-corrected chi connectivity index (χ3v) is 4.83. The van der Waals surface area contributed by atoms with Crippen molar-refractivity contribution in [3.63, 3.8) is 0 Å². The minimum Gasteiger partial charge on any atom is -0.480 e. The molecule has 17 heavy (non-hydrogen) atoms. The van der Waals surface area contributed by atoms with E-state index in [1.54, 1.807) is 11.8 Å². The van der Waals surface area contributed by atoms with Crippen molar-refractivity contribution in [1.82, 2.24) is 5.32 Å². The third-order valence-electron chi connectivity index (χ3n) is 3.84. The van der Waals surface area contributed by atoms with Crippen molar-refractivity contribution < 1.29 is 14.7 Å². The molecule has 0 aromatic rings. The van der Waals surface area contributed by atoms with Crippen LogP contribution >= 0.6 is 11.8 Å². The van der Waals surface area contributed by atoms with Gasteiger partial charge in [-0.1, -0.05) is 12.8 Å². The molecule has 4 nitrogen and oxygen atoms in total. The molecule has 0 atom stereocenters. The molecule has 2 N–H and O–H groups in total. The Hall–Kier alpha value is -0.710. The molecule has 2 rings (SSSR count). The molecule has 1 saturated carbocycles. The largest absolute Gasteiger partial charge is 0.480 e. The number of carboxylic acids is 1. The number of carbonyl (C=O) groups is 2. The first-order valence-corrected chi connectivity index (χ1v) is 7.43. The minimum atomic E-state index is -0.995. The lowest BCUT2D eigenvalue weighted by Crippen LogP contribution is -2.57. The summed E-state index contributed by atoms with van der Waals surface area (Å²) in [6.07, 6.45) is 5.10. The van der Waals surface area contributed by atoms with Crippen LogP contribution in [0.2, 0.25) is 0 Å². The molecule has 0 bridgehead atoms. The second kappa shape index (κ2) is 5.29. The molecule has 2 fully saturated rings. The zero-order valence-corrected chi connectivity index (χ0v) is 10.7. The monoisotopic (exact) mass is 257 g/mol. The maximum Gasteiger partial charge on any atom is 0.329 e. The number of aliphatic carboxylic acids is 1. The van der Waals surface area contributed by atoms with Gasteiger partial charge in [-0.2, -0.15) is 11.8 Å². The topological polar surface area (TPSA) is 66.4 Å². The number of hydrogen-bond acceptors (Lipinski definition) is 3. The van der Waals surface area contributed by atoms with Gasteiger partial charge < -0.3 is 10.4 Å². The Morgan fingerprint density at radius 1 is 1.18 bits per heavy atom. The SMILES string of the molecule is O=C(NC1(C(=O)O)CCSCC1)C1CCCC1. The molecule has 1 saturated heterocycles. The number of amides is 1. The predicted molar refractivity (Wildman–Crippen MR) is 67.0 cm³/mol. The molecular weight excluding hydrogens is 238 g/mol. The molecule has 96 valence electrons. The Bertz CT molecular complexity index is 307. The van der Waals surface area contributed by atoms with Crippen LogP contribution in [0, 0.1) is 5.92 Å². The smallest absolute Gasteiger partial charge is 0.329 e. The summed E-state index contributed by atoms with van der Waals surface area (Å²) >= 11 is 1.76. The highest BCUT2D eigenvalue weighted by Crippen LogP contribution is 2.30. The Morgan fingerprint density at radius 2 is 1.76 bits per heavy atom. The summed E-state index contributed by atoms with van der Waals surface area (Å²) in [4.78, 5) is 23.4. The maximum atomic E-state index is 12.0. The molecule has 2 aliphatic rings. The van der Waals surface area contributed by atoms with E-state index >= 15 is 0 Å². The van der Waals surface area contributed by atoms with E-state index in [9.17, 15) is 14.7 Å². The number of carbonyl (C=O) groups excluding carboxylic acids is 1. The van der Waals surface area contributed by atoms with Gasteiger partial charge in [0.2, 0.25) is 5.91 Å². The molecule has 0 aromatic heterocycles. The van der Waals surface area contributed by atoms with Crippen LogP contribution in [0.1, 0.15) is 38.5 Å². The van der Waals surface area contributed by atoms with E-state index in [2.05, 4.69) is 5.32 Å². The van der Waals surface area contributed by atoms with Gasteiger partial charge in [0.25, 0.3) is 0 Å². The standard InChI is InChI=1S/C12H19NO3S/c14-10(9-3-1-2-4-9)13-12(11(15)16)5-7-17-8-6-12/h9H,1-8H2,(H,13,14)(H,15,16). The van der Waals surface area contributed by atoms with Gasteiger partial charge in [0.15, 0.2) is 0 Å². The van der Waals surface area contributed by atoms with Gasteiger partial charge in [0.1, 0.15) is 5.54 Å². The van der Waals surface area contributed by atoms with Crippen molar-refractivity contribution in [2.24, 2.45) is 5.92 Å². The molecule has 0 radical (unpaired) electrons. The summed E-state index contributed by atoms with van der Waals surface area (Å²) in [5, 5.41) is 12.2. The number of nitrogens with one attached hydrogen (secondary N) is 1. The van der Waals surface area contributed by atoms with Crippen LogP contribution in [0.5, 0.6) is 0 Å². The zero-order valence-electron chi connectivity index (χ0n) is 9.91. The van der Waals surface area contributed by atoms with Crippen molar-refractivity contribution in [1.29, 1.82) is 0 Å². The van der Waals surface area contributed by atoms with E-state index < -0.39 is 11.5 Å². The molecule has 1 aliphatic carbocycles. The summed E-state index contributed by atoms with van der Waals surface area (Å²) in [5.41, 5.74) is -0.995. The van der Waals surface area contributed by atoms with E-state index in [0.717, 1.165) is 37.2 Å². The number of thioether (sulfide) groups is 1. The molecule has 0 unspecified atom stereocenters. The van der Waals surface area contributed by atoms with Gasteiger partial charge in [-0.25, -0.2) is 4.79 Å². The van der Waals surface area contributed by atoms with Gasteiger partial charge >= 0.3 is 5.97 Å². The quantitative estimate of drug-likeness (QED) is 0.806. The van der Waals surface area contributed by atoms with E-state index in [1.807, 2.05) is 0 Å². The van der Waals surface area contributed by atoms with Crippen LogP contribution in [0.3, 0.4) is 0 Å². The fourth-order valence-corrected chi connectivity index (χ4v) is 3.83. The van der Waals surface area contributed by atoms with E-state index in [4.69, 9.17) is 0 Å². The first-order valence-electron chi connectivity index (χ1n) is 6.27. The average molecular weight is 257 g/mol. The number of hydrogen-bond donors (Lipinski definition) is 2. The van der Waals surface area contributed by atoms with Crippen molar-refractivity contribution >= 4 is 23.6 Å². The van der Waals surface area contributed by atoms with Crippen LogP contribution in [-0.2, 0) is 9.59 Å². The van der Waals surface area contributed by atoms with Gasteiger partial charge in [-0.15, -0.1) is 0 Å². The van der Waals surface area contributed by atoms with Crippen molar-refractivity contribution in [2.45, 2.75) is 44.1 Å². The van der Waals surface area contributed by atoms with E-state index in [-0.39, 0.29) is 11.8 Å². The normalized spacial score (nSPS) is 24.5. The lowest BCUT2D eigenvalue weighted by Gasteiger charge is -2.34. The van der Waals surface area contributed by atoms with E-state index in [0.29, 0.717) is 12.8 Å². The number of rotatable bonds is 3. The van der Waals surface area contributed by atoms with E-state index in [1.165, 1.54) is 0 Å². The summed E-state index contributed by atoms with van der Waals surface area (Å²) in [7, 11) is 0. The highest BCUT2D eigenvalue weighted by Gasteiger charge is 2.42. The van der Waals surface area contributed by atoms with Crippen LogP contribution in [0.25, 0.3) is 0 Å². The molecule has 0 aromatic carbocycles. The van der Waals surface area contributed by atoms with Crippen molar-refractivity contribution in [3.8, 4) is 0 Å². The average Bonchev–Trinajstić information content (AvgIpc) is 2.83. The summed E-state index contributed by atoms with van der Waals surface area (Å²) in [5.74, 6) is 0.760. The molecule has 1 aliphatic heterocycles. The van der Waals surface area contributed by atoms with Crippen LogP contribution < -0.4 is 5.32 Å². The highest BCUT2D eigenvalue weighted by molar-refractivity contribution is 7.99. The Morgan fingerprint density at radius 3 is 2.29 bits per heavy atom. The first-order chi connectivity index (χ1) is 8.14. The lowest BCUT2D eigenvalue weighted by molar-refractivity contribution is -0.148. The maximum absolute atomic E-state index is 12.0. The Balaban J connectivity index is 2.01. The minimum absolute atomic E-state index is 0.0424. The Labute approximate surface area is 106 Å². The lowest BCUT2D eigenvalue weighted by atomic mass is 9.91. The van der Waals surface area contributed by atoms with Gasteiger partial charge in [0, 0.05) is 5.92 Å². The summed E-state index contributed by atoms with van der Waals surface area (Å²) < 4.78 is 0. The first kappa shape index (κ1) is 12.7. The third kappa shape index (κ3) is 2.76.